The Bertz CT molecular complexity index is 405. The Morgan fingerprint density at radius 3 is 3.00 bits per heavy atom. The molecule has 0 radical (unpaired) electrons. The summed E-state index contributed by atoms with van der Waals surface area (Å²) in [5.41, 5.74) is 4.87. The molecule has 1 saturated carbocycles. The number of oxazole rings is 1. The van der Waals surface area contributed by atoms with Crippen LogP contribution in [0.1, 0.15) is 33.1 Å². The van der Waals surface area contributed by atoms with E-state index in [0.717, 1.165) is 12.8 Å². The third kappa shape index (κ3) is 3.49. The number of hydrogen-bond acceptors (Lipinski definition) is 5. The van der Waals surface area contributed by atoms with Gasteiger partial charge in [0.2, 0.25) is 5.91 Å². The summed E-state index contributed by atoms with van der Waals surface area (Å²) in [6, 6.07) is 0.446. The predicted molar refractivity (Wildman–Crippen MR) is 70.2 cm³/mol. The molecule has 2 rings (SSSR count). The van der Waals surface area contributed by atoms with Crippen molar-refractivity contribution in [3.8, 4) is 0 Å². The van der Waals surface area contributed by atoms with Gasteiger partial charge in [-0.15, -0.1) is 0 Å². The molecule has 1 heterocycles. The van der Waals surface area contributed by atoms with Crippen molar-refractivity contribution < 1.29 is 9.21 Å². The van der Waals surface area contributed by atoms with Crippen molar-refractivity contribution in [3.63, 3.8) is 0 Å². The van der Waals surface area contributed by atoms with E-state index < -0.39 is 5.54 Å². The highest BCUT2D eigenvalue weighted by molar-refractivity contribution is 7.99. The van der Waals surface area contributed by atoms with Crippen LogP contribution in [0.5, 0.6) is 0 Å². The zero-order valence-electron chi connectivity index (χ0n) is 10.7. The number of rotatable bonds is 7. The standard InChI is InChI=1S/C12H19N3O2S/c1-8(18-11-14-5-6-17-11)7-12(2,10(13)16)15-9-3-4-9/h5-6,8-9,15H,3-4,7H2,1-2H3,(H2,13,16). The fourth-order valence-electron chi connectivity index (χ4n) is 1.97. The van der Waals surface area contributed by atoms with Crippen LogP contribution in [0.4, 0.5) is 0 Å². The minimum atomic E-state index is -0.653. The number of thioether (sulfide) groups is 1. The van der Waals surface area contributed by atoms with Crippen molar-refractivity contribution in [2.75, 3.05) is 0 Å². The smallest absolute Gasteiger partial charge is 0.255 e. The van der Waals surface area contributed by atoms with E-state index >= 15 is 0 Å². The fourth-order valence-corrected chi connectivity index (χ4v) is 2.96. The number of carbonyl (C=O) groups is 1. The van der Waals surface area contributed by atoms with E-state index in [-0.39, 0.29) is 11.2 Å². The second-order valence-electron chi connectivity index (χ2n) is 5.05. The number of primary amides is 1. The molecule has 100 valence electrons. The highest BCUT2D eigenvalue weighted by Gasteiger charge is 2.38. The Kier molecular flexibility index (Phi) is 3.97. The summed E-state index contributed by atoms with van der Waals surface area (Å²) >= 11 is 1.52. The minimum absolute atomic E-state index is 0.201. The number of carbonyl (C=O) groups excluding carboxylic acids is 1. The van der Waals surface area contributed by atoms with Crippen LogP contribution in [0.25, 0.3) is 0 Å². The topological polar surface area (TPSA) is 81.1 Å². The molecule has 18 heavy (non-hydrogen) atoms. The van der Waals surface area contributed by atoms with E-state index in [1.165, 1.54) is 11.8 Å². The van der Waals surface area contributed by atoms with Crippen molar-refractivity contribution in [1.29, 1.82) is 0 Å². The van der Waals surface area contributed by atoms with Gasteiger partial charge in [-0.1, -0.05) is 18.7 Å². The molecule has 1 amide bonds. The van der Waals surface area contributed by atoms with Crippen molar-refractivity contribution in [1.82, 2.24) is 10.3 Å². The van der Waals surface area contributed by atoms with Crippen LogP contribution in [0.15, 0.2) is 22.1 Å². The van der Waals surface area contributed by atoms with Gasteiger partial charge < -0.3 is 15.5 Å². The SMILES string of the molecule is CC(CC(C)(NC1CC1)C(N)=O)Sc1ncco1. The van der Waals surface area contributed by atoms with Crippen LogP contribution in [0.2, 0.25) is 0 Å². The largest absolute Gasteiger partial charge is 0.440 e. The first kappa shape index (κ1) is 13.4. The predicted octanol–water partition coefficient (Wildman–Crippen LogP) is 1.54. The molecule has 1 aromatic rings. The molecule has 2 unspecified atom stereocenters. The highest BCUT2D eigenvalue weighted by atomic mass is 32.2. The molecule has 0 aromatic carbocycles. The fraction of sp³-hybridized carbons (Fsp3) is 0.667. The number of nitrogens with zero attached hydrogens (tertiary/aromatic N) is 1. The third-order valence-electron chi connectivity index (χ3n) is 3.05. The molecule has 1 aliphatic rings. The van der Waals surface area contributed by atoms with Crippen LogP contribution >= 0.6 is 11.8 Å². The van der Waals surface area contributed by atoms with Gasteiger partial charge in [0.1, 0.15) is 6.26 Å². The first-order chi connectivity index (χ1) is 8.49. The van der Waals surface area contributed by atoms with Gasteiger partial charge in [-0.3, -0.25) is 4.79 Å². The van der Waals surface area contributed by atoms with Crippen LogP contribution < -0.4 is 11.1 Å². The molecule has 0 saturated heterocycles. The Morgan fingerprint density at radius 1 is 1.78 bits per heavy atom. The lowest BCUT2D eigenvalue weighted by Gasteiger charge is -2.29. The molecule has 1 aromatic heterocycles. The second kappa shape index (κ2) is 5.32. The van der Waals surface area contributed by atoms with E-state index in [2.05, 4.69) is 10.3 Å². The quantitative estimate of drug-likeness (QED) is 0.734. The molecular weight excluding hydrogens is 250 g/mol. The third-order valence-corrected chi connectivity index (χ3v) is 4.02. The molecule has 5 nitrogen and oxygen atoms in total. The summed E-state index contributed by atoms with van der Waals surface area (Å²) in [4.78, 5) is 15.7. The summed E-state index contributed by atoms with van der Waals surface area (Å²) in [6.45, 7) is 3.92. The zero-order chi connectivity index (χ0) is 13.2. The average Bonchev–Trinajstić information content (AvgIpc) is 2.92. The maximum absolute atomic E-state index is 11.6. The maximum atomic E-state index is 11.6. The summed E-state index contributed by atoms with van der Waals surface area (Å²) < 4.78 is 5.19. The van der Waals surface area contributed by atoms with Crippen LogP contribution in [-0.2, 0) is 4.79 Å². The van der Waals surface area contributed by atoms with Crippen molar-refractivity contribution in [3.05, 3.63) is 12.5 Å². The lowest BCUT2D eigenvalue weighted by atomic mass is 9.95. The number of nitrogens with one attached hydrogen (secondary N) is 1. The summed E-state index contributed by atoms with van der Waals surface area (Å²) in [5.74, 6) is -0.297. The lowest BCUT2D eigenvalue weighted by Crippen LogP contribution is -2.55. The van der Waals surface area contributed by atoms with E-state index in [1.54, 1.807) is 12.5 Å². The van der Waals surface area contributed by atoms with Gasteiger partial charge in [0.15, 0.2) is 0 Å². The van der Waals surface area contributed by atoms with Gasteiger partial charge in [0.25, 0.3) is 5.22 Å². The molecule has 1 aliphatic carbocycles. The van der Waals surface area contributed by atoms with E-state index in [1.807, 2.05) is 13.8 Å². The Balaban J connectivity index is 1.92. The van der Waals surface area contributed by atoms with Gasteiger partial charge in [0, 0.05) is 11.3 Å². The number of nitrogens with two attached hydrogens (primary N) is 1. The lowest BCUT2D eigenvalue weighted by molar-refractivity contribution is -0.124. The summed E-state index contributed by atoms with van der Waals surface area (Å²) in [6.07, 6.45) is 6.08. The normalized spacial score (nSPS) is 20.3. The second-order valence-corrected chi connectivity index (χ2v) is 6.44. The summed E-state index contributed by atoms with van der Waals surface area (Å²) in [7, 11) is 0. The van der Waals surface area contributed by atoms with Crippen LogP contribution in [-0.4, -0.2) is 27.7 Å². The molecule has 3 N–H and O–H groups in total. The molecule has 0 aliphatic heterocycles. The molecule has 2 atom stereocenters. The molecular formula is C12H19N3O2S. The van der Waals surface area contributed by atoms with Gasteiger partial charge in [-0.25, -0.2) is 4.98 Å². The Hall–Kier alpha value is -1.01. The maximum Gasteiger partial charge on any atom is 0.255 e. The molecule has 0 spiro atoms. The monoisotopic (exact) mass is 269 g/mol. The number of amides is 1. The molecule has 1 fully saturated rings. The van der Waals surface area contributed by atoms with Gasteiger partial charge in [0.05, 0.1) is 11.7 Å². The van der Waals surface area contributed by atoms with Gasteiger partial charge in [-0.2, -0.15) is 0 Å². The number of hydrogen-bond donors (Lipinski definition) is 2. The molecule has 0 bridgehead atoms. The van der Waals surface area contributed by atoms with Crippen molar-refractivity contribution in [2.45, 2.75) is 55.2 Å². The minimum Gasteiger partial charge on any atom is -0.440 e. The van der Waals surface area contributed by atoms with Gasteiger partial charge in [-0.05, 0) is 26.2 Å². The van der Waals surface area contributed by atoms with Crippen LogP contribution in [0.3, 0.4) is 0 Å². The van der Waals surface area contributed by atoms with Crippen LogP contribution in [0, 0.1) is 0 Å². The van der Waals surface area contributed by atoms with E-state index in [9.17, 15) is 4.79 Å². The van der Waals surface area contributed by atoms with Gasteiger partial charge >= 0.3 is 0 Å². The Labute approximate surface area is 111 Å². The highest BCUT2D eigenvalue weighted by Crippen LogP contribution is 2.30. The van der Waals surface area contributed by atoms with E-state index in [4.69, 9.17) is 10.2 Å². The molecule has 6 heteroatoms. The average molecular weight is 269 g/mol. The Morgan fingerprint density at radius 2 is 2.50 bits per heavy atom. The first-order valence-electron chi connectivity index (χ1n) is 6.13. The van der Waals surface area contributed by atoms with E-state index in [0.29, 0.717) is 17.7 Å². The number of aromatic nitrogens is 1. The zero-order valence-corrected chi connectivity index (χ0v) is 11.5. The van der Waals surface area contributed by atoms with Crippen molar-refractivity contribution >= 4 is 17.7 Å². The first-order valence-corrected chi connectivity index (χ1v) is 7.01. The summed E-state index contributed by atoms with van der Waals surface area (Å²) in [5, 5.41) is 4.17. The van der Waals surface area contributed by atoms with Crippen molar-refractivity contribution in [2.24, 2.45) is 5.73 Å².